The zero-order valence-electron chi connectivity index (χ0n) is 13.3. The number of fused-ring (bicyclic) bond motifs is 1. The maximum Gasteiger partial charge on any atom is 0.248 e. The number of hydrogen-bond acceptors (Lipinski definition) is 5. The zero-order chi connectivity index (χ0) is 17.1. The lowest BCUT2D eigenvalue weighted by atomic mass is 10.0. The number of phenols is 1. The number of aromatic nitrogens is 2. The minimum Gasteiger partial charge on any atom is -0.506 e. The van der Waals surface area contributed by atoms with Gasteiger partial charge < -0.3 is 20.5 Å². The molecule has 2 heterocycles. The summed E-state index contributed by atoms with van der Waals surface area (Å²) in [7, 11) is 0. The van der Waals surface area contributed by atoms with Crippen molar-refractivity contribution in [3.05, 3.63) is 69.8 Å². The highest BCUT2D eigenvalue weighted by atomic mass is 16.3. The summed E-state index contributed by atoms with van der Waals surface area (Å²) in [5.74, 6) is -0.0181. The van der Waals surface area contributed by atoms with E-state index in [9.17, 15) is 15.0 Å². The second-order valence-electron chi connectivity index (χ2n) is 5.76. The largest absolute Gasteiger partial charge is 0.506 e. The van der Waals surface area contributed by atoms with Crippen LogP contribution in [0.4, 0.5) is 0 Å². The van der Waals surface area contributed by atoms with Crippen LogP contribution in [0.2, 0.25) is 0 Å². The fourth-order valence-electron chi connectivity index (χ4n) is 2.60. The molecule has 4 N–H and O–H groups in total. The van der Waals surface area contributed by atoms with Crippen molar-refractivity contribution in [1.29, 1.82) is 0 Å². The highest BCUT2D eigenvalue weighted by Gasteiger charge is 2.13. The minimum absolute atomic E-state index is 0.0181. The van der Waals surface area contributed by atoms with Gasteiger partial charge in [-0.25, -0.2) is 0 Å². The van der Waals surface area contributed by atoms with E-state index in [1.165, 1.54) is 12.1 Å². The number of aromatic amines is 1. The highest BCUT2D eigenvalue weighted by Crippen LogP contribution is 2.28. The molecule has 1 aromatic carbocycles. The molecule has 3 rings (SSSR count). The number of benzene rings is 1. The fourth-order valence-corrected chi connectivity index (χ4v) is 2.60. The Morgan fingerprint density at radius 2 is 2.04 bits per heavy atom. The molecular weight excluding hydrogens is 306 g/mol. The zero-order valence-corrected chi connectivity index (χ0v) is 13.3. The van der Waals surface area contributed by atoms with Gasteiger partial charge in [0.15, 0.2) is 0 Å². The van der Waals surface area contributed by atoms with Crippen LogP contribution in [0.15, 0.2) is 47.4 Å². The minimum atomic E-state index is -0.774. The number of aromatic hydroxyl groups is 1. The van der Waals surface area contributed by atoms with Gasteiger partial charge in [0, 0.05) is 30.7 Å². The van der Waals surface area contributed by atoms with Crippen molar-refractivity contribution in [2.24, 2.45) is 0 Å². The van der Waals surface area contributed by atoms with Gasteiger partial charge in [0.05, 0.1) is 17.3 Å². The molecule has 0 saturated carbocycles. The molecule has 0 fully saturated rings. The van der Waals surface area contributed by atoms with Gasteiger partial charge in [-0.05, 0) is 36.2 Å². The molecule has 124 valence electrons. The molecule has 6 nitrogen and oxygen atoms in total. The number of aliphatic hydroxyl groups is 1. The number of hydrogen-bond donors (Lipinski definition) is 4. The van der Waals surface area contributed by atoms with E-state index in [0.29, 0.717) is 29.6 Å². The molecule has 0 radical (unpaired) electrons. The molecule has 1 atom stereocenters. The number of nitrogens with one attached hydrogen (secondary N) is 2. The van der Waals surface area contributed by atoms with E-state index in [2.05, 4.69) is 15.3 Å². The highest BCUT2D eigenvalue weighted by molar-refractivity contribution is 5.87. The molecule has 0 unspecified atom stereocenters. The lowest BCUT2D eigenvalue weighted by Crippen LogP contribution is -2.22. The summed E-state index contributed by atoms with van der Waals surface area (Å²) in [4.78, 5) is 18.3. The third kappa shape index (κ3) is 3.45. The van der Waals surface area contributed by atoms with Crippen molar-refractivity contribution in [2.75, 3.05) is 6.54 Å². The van der Waals surface area contributed by atoms with Crippen LogP contribution in [0, 0.1) is 6.92 Å². The predicted octanol–water partition coefficient (Wildman–Crippen LogP) is 1.76. The van der Waals surface area contributed by atoms with Crippen molar-refractivity contribution in [3.63, 3.8) is 0 Å². The molecule has 0 bridgehead atoms. The molecule has 3 aromatic rings. The van der Waals surface area contributed by atoms with E-state index in [-0.39, 0.29) is 11.3 Å². The number of phenolic OH excluding ortho intramolecular Hbond substituents is 1. The van der Waals surface area contributed by atoms with Crippen molar-refractivity contribution >= 4 is 10.9 Å². The van der Waals surface area contributed by atoms with E-state index in [1.807, 2.05) is 19.1 Å². The number of aryl methyl sites for hydroxylation is 1. The Morgan fingerprint density at radius 3 is 2.79 bits per heavy atom. The molecular formula is C18H19N3O3. The number of aliphatic hydroxyl groups excluding tert-OH is 1. The van der Waals surface area contributed by atoms with Crippen LogP contribution in [0.5, 0.6) is 5.75 Å². The van der Waals surface area contributed by atoms with Crippen molar-refractivity contribution in [1.82, 2.24) is 15.3 Å². The predicted molar refractivity (Wildman–Crippen MR) is 91.9 cm³/mol. The summed E-state index contributed by atoms with van der Waals surface area (Å²) >= 11 is 0. The van der Waals surface area contributed by atoms with Gasteiger partial charge in [0.1, 0.15) is 5.75 Å². The first-order valence-corrected chi connectivity index (χ1v) is 7.70. The van der Waals surface area contributed by atoms with E-state index in [1.54, 1.807) is 18.3 Å². The third-order valence-electron chi connectivity index (χ3n) is 3.88. The second kappa shape index (κ2) is 6.82. The second-order valence-corrected chi connectivity index (χ2v) is 5.76. The molecule has 24 heavy (non-hydrogen) atoms. The molecule has 0 aliphatic rings. The average molecular weight is 325 g/mol. The number of pyridine rings is 2. The molecule has 0 spiro atoms. The van der Waals surface area contributed by atoms with Crippen LogP contribution < -0.4 is 10.9 Å². The molecule has 0 aliphatic carbocycles. The van der Waals surface area contributed by atoms with Crippen LogP contribution in [-0.4, -0.2) is 26.7 Å². The Kier molecular flexibility index (Phi) is 4.59. The summed E-state index contributed by atoms with van der Waals surface area (Å²) in [5.41, 5.74) is 2.67. The quantitative estimate of drug-likeness (QED) is 0.573. The van der Waals surface area contributed by atoms with E-state index in [4.69, 9.17) is 0 Å². The number of nitrogens with zero attached hydrogens (tertiary/aromatic N) is 1. The number of H-pyrrole nitrogens is 1. The number of rotatable bonds is 5. The Hall–Kier alpha value is -2.70. The molecule has 0 saturated heterocycles. The Morgan fingerprint density at radius 1 is 1.21 bits per heavy atom. The standard InChI is InChI=1S/C18H19N3O3/c1-11-2-3-12(20-8-11)9-19-10-16(23)13-4-6-15(22)18-14(13)5-7-17(24)21-18/h2-8,16,19,22-23H,9-10H2,1H3,(H,21,24)/t16-/m0/s1. The summed E-state index contributed by atoms with van der Waals surface area (Å²) in [6.45, 7) is 2.85. The lowest BCUT2D eigenvalue weighted by Gasteiger charge is -2.15. The van der Waals surface area contributed by atoms with Gasteiger partial charge >= 0.3 is 0 Å². The van der Waals surface area contributed by atoms with Gasteiger partial charge in [0.2, 0.25) is 5.56 Å². The first kappa shape index (κ1) is 16.2. The van der Waals surface area contributed by atoms with Crippen LogP contribution >= 0.6 is 0 Å². The smallest absolute Gasteiger partial charge is 0.248 e. The molecule has 0 amide bonds. The molecule has 6 heteroatoms. The van der Waals surface area contributed by atoms with Crippen LogP contribution in [0.3, 0.4) is 0 Å². The summed E-state index contributed by atoms with van der Waals surface area (Å²) in [6.07, 6.45) is 1.03. The maximum atomic E-state index is 11.4. The van der Waals surface area contributed by atoms with Crippen molar-refractivity contribution in [3.8, 4) is 5.75 Å². The van der Waals surface area contributed by atoms with Gasteiger partial charge in [-0.3, -0.25) is 9.78 Å². The summed E-state index contributed by atoms with van der Waals surface area (Å²) in [5, 5.41) is 24.1. The normalized spacial score (nSPS) is 12.4. The first-order valence-electron chi connectivity index (χ1n) is 7.70. The van der Waals surface area contributed by atoms with Crippen molar-refractivity contribution < 1.29 is 10.2 Å². The van der Waals surface area contributed by atoms with E-state index >= 15 is 0 Å². The van der Waals surface area contributed by atoms with Crippen LogP contribution in [-0.2, 0) is 6.54 Å². The third-order valence-corrected chi connectivity index (χ3v) is 3.88. The van der Waals surface area contributed by atoms with E-state index in [0.717, 1.165) is 11.3 Å². The maximum absolute atomic E-state index is 11.4. The van der Waals surface area contributed by atoms with Crippen LogP contribution in [0.1, 0.15) is 22.9 Å². The van der Waals surface area contributed by atoms with Crippen LogP contribution in [0.25, 0.3) is 10.9 Å². The van der Waals surface area contributed by atoms with E-state index < -0.39 is 6.10 Å². The van der Waals surface area contributed by atoms with Gasteiger partial charge in [-0.15, -0.1) is 0 Å². The van der Waals surface area contributed by atoms with Gasteiger partial charge in [0.25, 0.3) is 0 Å². The topological polar surface area (TPSA) is 98.2 Å². The van der Waals surface area contributed by atoms with Gasteiger partial charge in [-0.1, -0.05) is 12.1 Å². The monoisotopic (exact) mass is 325 g/mol. The Balaban J connectivity index is 1.74. The lowest BCUT2D eigenvalue weighted by molar-refractivity contribution is 0.175. The Bertz CT molecular complexity index is 904. The fraction of sp³-hybridized carbons (Fsp3) is 0.222. The summed E-state index contributed by atoms with van der Waals surface area (Å²) in [6, 6.07) is 10.0. The molecule has 0 aliphatic heterocycles. The average Bonchev–Trinajstić information content (AvgIpc) is 2.57. The first-order chi connectivity index (χ1) is 11.5. The SMILES string of the molecule is Cc1ccc(CNC[C@H](O)c2ccc(O)c3[nH]c(=O)ccc23)nc1. The summed E-state index contributed by atoms with van der Waals surface area (Å²) < 4.78 is 0. The Labute approximate surface area is 138 Å². The van der Waals surface area contributed by atoms with Gasteiger partial charge in [-0.2, -0.15) is 0 Å². The van der Waals surface area contributed by atoms with Crippen molar-refractivity contribution in [2.45, 2.75) is 19.6 Å². The molecule has 2 aromatic heterocycles.